The molecule has 1 aromatic carbocycles. The van der Waals surface area contributed by atoms with Crippen molar-refractivity contribution in [2.45, 2.75) is 51.6 Å². The maximum Gasteiger partial charge on any atom is 0.268 e. The molecule has 1 aliphatic rings. The van der Waals surface area contributed by atoms with Gasteiger partial charge in [0.15, 0.2) is 0 Å². The first-order chi connectivity index (χ1) is 15.5. The topological polar surface area (TPSA) is 90.0 Å². The van der Waals surface area contributed by atoms with E-state index in [-0.39, 0.29) is 30.4 Å². The highest BCUT2D eigenvalue weighted by atomic mass is 32.1. The van der Waals surface area contributed by atoms with Gasteiger partial charge in [0.2, 0.25) is 0 Å². The summed E-state index contributed by atoms with van der Waals surface area (Å²) in [6.45, 7) is 4.65. The molecule has 3 heterocycles. The van der Waals surface area contributed by atoms with Crippen molar-refractivity contribution >= 4 is 17.2 Å². The number of aliphatic hydroxyl groups is 1. The summed E-state index contributed by atoms with van der Waals surface area (Å²) in [6, 6.07) is 8.38. The number of aryl methyl sites for hydroxylation is 2. The maximum absolute atomic E-state index is 14.0. The molecule has 2 aromatic heterocycles. The van der Waals surface area contributed by atoms with Crippen LogP contribution in [-0.2, 0) is 6.42 Å². The van der Waals surface area contributed by atoms with Gasteiger partial charge in [-0.05, 0) is 57.0 Å². The minimum Gasteiger partial charge on any atom is -0.396 e. The van der Waals surface area contributed by atoms with Crippen molar-refractivity contribution in [2.24, 2.45) is 0 Å². The van der Waals surface area contributed by atoms with Gasteiger partial charge >= 0.3 is 0 Å². The molecule has 170 valence electrons. The highest BCUT2D eigenvalue weighted by molar-refractivity contribution is 7.11. The van der Waals surface area contributed by atoms with Crippen LogP contribution in [0.1, 0.15) is 56.9 Å². The third kappa shape index (κ3) is 4.92. The van der Waals surface area contributed by atoms with Gasteiger partial charge in [-0.15, -0.1) is 11.3 Å². The second-order valence-corrected chi connectivity index (χ2v) is 9.41. The number of nitrogens with one attached hydrogen (secondary N) is 3. The zero-order chi connectivity index (χ0) is 22.7. The van der Waals surface area contributed by atoms with Gasteiger partial charge in [0.25, 0.3) is 5.91 Å². The van der Waals surface area contributed by atoms with Crippen LogP contribution in [0.25, 0.3) is 11.3 Å². The molecule has 0 aliphatic carbocycles. The van der Waals surface area contributed by atoms with E-state index in [0.29, 0.717) is 28.9 Å². The molecule has 3 aromatic rings. The van der Waals surface area contributed by atoms with Gasteiger partial charge in [-0.2, -0.15) is 0 Å². The van der Waals surface area contributed by atoms with Crippen LogP contribution in [0.15, 0.2) is 30.3 Å². The van der Waals surface area contributed by atoms with Crippen LogP contribution in [0, 0.1) is 19.7 Å². The van der Waals surface area contributed by atoms with Crippen LogP contribution in [0.4, 0.5) is 4.39 Å². The van der Waals surface area contributed by atoms with Gasteiger partial charge in [0.1, 0.15) is 16.5 Å². The second kappa shape index (κ2) is 9.94. The van der Waals surface area contributed by atoms with E-state index in [1.54, 1.807) is 36.5 Å². The summed E-state index contributed by atoms with van der Waals surface area (Å²) in [5.41, 5.74) is 3.29. The number of nitrogens with zero attached hydrogens (tertiary/aromatic N) is 1. The van der Waals surface area contributed by atoms with E-state index in [1.165, 1.54) is 6.07 Å². The molecule has 0 saturated carbocycles. The van der Waals surface area contributed by atoms with Crippen molar-refractivity contribution < 1.29 is 14.3 Å². The Morgan fingerprint density at radius 3 is 2.88 bits per heavy atom. The number of hydrogen-bond acceptors (Lipinski definition) is 5. The van der Waals surface area contributed by atoms with E-state index >= 15 is 0 Å². The van der Waals surface area contributed by atoms with Gasteiger partial charge in [-0.25, -0.2) is 9.37 Å². The van der Waals surface area contributed by atoms with Crippen LogP contribution in [-0.4, -0.2) is 40.2 Å². The number of thiazole rings is 1. The van der Waals surface area contributed by atoms with Gasteiger partial charge < -0.3 is 20.7 Å². The van der Waals surface area contributed by atoms with Gasteiger partial charge in [0, 0.05) is 35.2 Å². The number of hydrogen-bond donors (Lipinski definition) is 4. The number of benzene rings is 1. The first kappa shape index (κ1) is 22.6. The normalized spacial score (nSPS) is 17.3. The molecule has 4 rings (SSSR count). The van der Waals surface area contributed by atoms with Crippen molar-refractivity contribution in [3.63, 3.8) is 0 Å². The molecule has 0 unspecified atom stereocenters. The van der Waals surface area contributed by atoms with Crippen molar-refractivity contribution in [3.8, 4) is 11.3 Å². The fourth-order valence-electron chi connectivity index (χ4n) is 4.09. The Kier molecular flexibility index (Phi) is 7.03. The minimum atomic E-state index is -0.274. The predicted molar refractivity (Wildman–Crippen MR) is 124 cm³/mol. The van der Waals surface area contributed by atoms with Crippen molar-refractivity contribution in [1.29, 1.82) is 0 Å². The van der Waals surface area contributed by atoms with Crippen molar-refractivity contribution in [1.82, 2.24) is 20.6 Å². The lowest BCUT2D eigenvalue weighted by atomic mass is 9.98. The Labute approximate surface area is 191 Å². The lowest BCUT2D eigenvalue weighted by Gasteiger charge is -2.30. The van der Waals surface area contributed by atoms with E-state index in [0.717, 1.165) is 41.4 Å². The molecule has 1 aliphatic heterocycles. The van der Waals surface area contributed by atoms with Crippen molar-refractivity contribution in [2.75, 3.05) is 13.2 Å². The molecule has 0 spiro atoms. The molecular formula is C24H29FN4O2S. The predicted octanol–water partition coefficient (Wildman–Crippen LogP) is 4.04. The summed E-state index contributed by atoms with van der Waals surface area (Å²) >= 11 is 1.55. The molecule has 1 amide bonds. The summed E-state index contributed by atoms with van der Waals surface area (Å²) in [4.78, 5) is 22.0. The van der Waals surface area contributed by atoms with E-state index in [2.05, 4.69) is 15.6 Å². The Balaban J connectivity index is 1.56. The zero-order valence-corrected chi connectivity index (χ0v) is 19.2. The van der Waals surface area contributed by atoms with Crippen molar-refractivity contribution in [3.05, 3.63) is 63.0 Å². The lowest BCUT2D eigenvalue weighted by molar-refractivity contribution is 0.0918. The summed E-state index contributed by atoms with van der Waals surface area (Å²) in [5.74, 6) is -0.498. The smallest absolute Gasteiger partial charge is 0.268 e. The summed E-state index contributed by atoms with van der Waals surface area (Å²) in [5, 5.41) is 16.9. The molecular weight excluding hydrogens is 427 g/mol. The second-order valence-electron chi connectivity index (χ2n) is 8.29. The van der Waals surface area contributed by atoms with Crippen LogP contribution in [0.5, 0.6) is 0 Å². The average Bonchev–Trinajstić information content (AvgIpc) is 3.42. The average molecular weight is 457 g/mol. The minimum absolute atomic E-state index is 0.0754. The zero-order valence-electron chi connectivity index (χ0n) is 18.4. The molecule has 0 radical (unpaired) electrons. The first-order valence-corrected chi connectivity index (χ1v) is 11.8. The summed E-state index contributed by atoms with van der Waals surface area (Å²) < 4.78 is 14.0. The quantitative estimate of drug-likeness (QED) is 0.432. The Bertz CT molecular complexity index is 1090. The van der Waals surface area contributed by atoms with Crippen LogP contribution in [0.2, 0.25) is 0 Å². The summed E-state index contributed by atoms with van der Waals surface area (Å²) in [6.07, 6.45) is 3.74. The first-order valence-electron chi connectivity index (χ1n) is 11.0. The third-order valence-electron chi connectivity index (χ3n) is 5.96. The molecule has 2 atom stereocenters. The number of aromatic amines is 1. The van der Waals surface area contributed by atoms with E-state index < -0.39 is 0 Å². The SMILES string of the molecule is Cc1ccc(-c2ccc(C(=O)N[C@@H](c3nc(C)c(CCO)s3)[C@@H]3CCCCN3)[nH]2)cc1F. The van der Waals surface area contributed by atoms with E-state index in [9.17, 15) is 14.3 Å². The summed E-state index contributed by atoms with van der Waals surface area (Å²) in [7, 11) is 0. The van der Waals surface area contributed by atoms with E-state index in [1.807, 2.05) is 13.0 Å². The maximum atomic E-state index is 14.0. The Morgan fingerprint density at radius 1 is 1.31 bits per heavy atom. The number of carbonyl (C=O) groups is 1. The molecule has 32 heavy (non-hydrogen) atoms. The highest BCUT2D eigenvalue weighted by Gasteiger charge is 2.30. The molecule has 6 nitrogen and oxygen atoms in total. The van der Waals surface area contributed by atoms with Gasteiger partial charge in [-0.1, -0.05) is 18.6 Å². The van der Waals surface area contributed by atoms with Gasteiger partial charge in [0.05, 0.1) is 11.7 Å². The number of amides is 1. The van der Waals surface area contributed by atoms with Gasteiger partial charge in [-0.3, -0.25) is 4.79 Å². The monoisotopic (exact) mass is 456 g/mol. The third-order valence-corrected chi connectivity index (χ3v) is 7.27. The van der Waals surface area contributed by atoms with E-state index in [4.69, 9.17) is 4.98 Å². The molecule has 4 N–H and O–H groups in total. The standard InChI is InChI=1S/C24H29FN4O2S/c1-14-6-7-16(13-17(14)25)18-8-9-20(28-18)23(31)29-22(19-5-3-4-11-26-19)24-27-15(2)21(32-24)10-12-30/h6-9,13,19,22,26,28,30H,3-5,10-12H2,1-2H3,(H,29,31)/t19-,22+/m0/s1. The fourth-order valence-corrected chi connectivity index (χ4v) is 5.26. The number of aromatic nitrogens is 2. The Hall–Kier alpha value is -2.55. The van der Waals surface area contributed by atoms with Crippen LogP contribution in [0.3, 0.4) is 0 Å². The lowest BCUT2D eigenvalue weighted by Crippen LogP contribution is -2.46. The molecule has 1 saturated heterocycles. The molecule has 0 bridgehead atoms. The van der Waals surface area contributed by atoms with Crippen LogP contribution >= 0.6 is 11.3 Å². The number of piperidine rings is 1. The molecule has 8 heteroatoms. The number of halogens is 1. The largest absolute Gasteiger partial charge is 0.396 e. The molecule has 1 fully saturated rings. The number of H-pyrrole nitrogens is 1. The number of carbonyl (C=O) groups excluding carboxylic acids is 1. The fraction of sp³-hybridized carbons (Fsp3) is 0.417. The van der Waals surface area contributed by atoms with Crippen LogP contribution < -0.4 is 10.6 Å². The number of aliphatic hydroxyl groups excluding tert-OH is 1. The highest BCUT2D eigenvalue weighted by Crippen LogP contribution is 2.30. The number of rotatable bonds is 7. The Morgan fingerprint density at radius 2 is 2.16 bits per heavy atom.